The van der Waals surface area contributed by atoms with Crippen molar-refractivity contribution in [3.8, 4) is 17.2 Å². The molecule has 0 spiro atoms. The van der Waals surface area contributed by atoms with Crippen molar-refractivity contribution < 1.29 is 48.8 Å². The molecule has 0 heterocycles. The van der Waals surface area contributed by atoms with Gasteiger partial charge in [-0.2, -0.15) is 11.6 Å². The number of rotatable bonds is 5. The summed E-state index contributed by atoms with van der Waals surface area (Å²) in [6.45, 7) is 0. The van der Waals surface area contributed by atoms with Crippen LogP contribution < -0.4 is 9.47 Å². The van der Waals surface area contributed by atoms with Gasteiger partial charge in [-0.25, -0.2) is 10.9 Å². The number of carboxylic acids is 1. The summed E-state index contributed by atoms with van der Waals surface area (Å²) in [4.78, 5) is 22.5. The Morgan fingerprint density at radius 3 is 2.33 bits per heavy atom. The molecule has 2 rings (SSSR count). The molecule has 0 aliphatic carbocycles. The number of phenols is 1. The van der Waals surface area contributed by atoms with Gasteiger partial charge in [0.15, 0.2) is 5.75 Å². The topological polar surface area (TPSA) is 93.1 Å². The number of carbonyl (C=O) groups excluding carboxylic acids is 1. The van der Waals surface area contributed by atoms with Gasteiger partial charge in [0.2, 0.25) is 5.97 Å². The van der Waals surface area contributed by atoms with Crippen LogP contribution in [0.3, 0.4) is 0 Å². The molecule has 2 aromatic rings. The van der Waals surface area contributed by atoms with Gasteiger partial charge in [0.25, 0.3) is 0 Å². The maximum Gasteiger partial charge on any atom is 0.343 e. The third-order valence-corrected chi connectivity index (χ3v) is 2.86. The van der Waals surface area contributed by atoms with E-state index in [-0.39, 0.29) is 42.3 Å². The Balaban J connectivity index is 0.00000288. The number of hydrogen-bond acceptors (Lipinski definition) is 5. The van der Waals surface area contributed by atoms with Crippen LogP contribution in [0.1, 0.15) is 15.9 Å². The molecule has 0 amide bonds. The van der Waals surface area contributed by atoms with Crippen molar-refractivity contribution in [2.45, 2.75) is 0 Å². The van der Waals surface area contributed by atoms with Crippen LogP contribution in [0.4, 0.5) is 0 Å². The van der Waals surface area contributed by atoms with Gasteiger partial charge in [0, 0.05) is 19.5 Å². The van der Waals surface area contributed by atoms with E-state index in [9.17, 15) is 14.7 Å². The third kappa shape index (κ3) is 5.21. The van der Waals surface area contributed by atoms with Crippen LogP contribution in [0.2, 0.25) is 0 Å². The summed E-state index contributed by atoms with van der Waals surface area (Å²) in [7, 11) is 1.40. The Kier molecular flexibility index (Phi) is 7.14. The van der Waals surface area contributed by atoms with Gasteiger partial charge in [-0.05, 0) is 30.3 Å². The molecule has 0 saturated heterocycles. The molecule has 6 nitrogen and oxygen atoms in total. The molecule has 0 bridgehead atoms. The molecule has 120 valence electrons. The van der Waals surface area contributed by atoms with Crippen molar-refractivity contribution in [2.24, 2.45) is 0 Å². The fraction of sp³-hybridized carbons (Fsp3) is 0.0588. The van der Waals surface area contributed by atoms with Crippen LogP contribution in [0.15, 0.2) is 42.5 Å². The zero-order valence-corrected chi connectivity index (χ0v) is 15.8. The van der Waals surface area contributed by atoms with Gasteiger partial charge in [-0.1, -0.05) is 6.07 Å². The van der Waals surface area contributed by atoms with E-state index in [1.165, 1.54) is 49.6 Å². The summed E-state index contributed by atoms with van der Waals surface area (Å²) >= 11 is 0. The van der Waals surface area contributed by atoms with Crippen LogP contribution >= 0.6 is 0 Å². The minimum Gasteiger partial charge on any atom is -0.508 e. The Morgan fingerprint density at radius 2 is 1.75 bits per heavy atom. The first kappa shape index (κ1) is 19.4. The second-order valence-electron chi connectivity index (χ2n) is 4.44. The molecule has 0 aliphatic rings. The minimum atomic E-state index is -1.19. The maximum atomic E-state index is 12.0. The molecular weight excluding hydrogens is 366 g/mol. The van der Waals surface area contributed by atoms with E-state index < -0.39 is 11.9 Å². The molecule has 2 N–H and O–H groups in total. The van der Waals surface area contributed by atoms with Crippen molar-refractivity contribution in [3.63, 3.8) is 0 Å². The number of aliphatic carboxylic acids is 1. The molecule has 0 radical (unpaired) electrons. The first-order chi connectivity index (χ1) is 11.0. The van der Waals surface area contributed by atoms with Gasteiger partial charge >= 0.3 is 5.97 Å². The van der Waals surface area contributed by atoms with Gasteiger partial charge in [0.1, 0.15) is 11.5 Å². The monoisotopic (exact) mass is 377 g/mol. The zero-order valence-electron chi connectivity index (χ0n) is 12.9. The van der Waals surface area contributed by atoms with Crippen molar-refractivity contribution in [3.05, 3.63) is 59.7 Å². The molecule has 0 atom stereocenters. The fourth-order valence-electron chi connectivity index (χ4n) is 1.76. The summed E-state index contributed by atoms with van der Waals surface area (Å²) in [5.74, 6) is -1.28. The van der Waals surface area contributed by atoms with E-state index in [4.69, 9.17) is 14.6 Å². The van der Waals surface area contributed by atoms with E-state index in [0.717, 1.165) is 0 Å². The molecule has 0 saturated carbocycles. The first-order valence-electron chi connectivity index (χ1n) is 6.51. The first-order valence-corrected chi connectivity index (χ1v) is 6.51. The third-order valence-electron chi connectivity index (χ3n) is 2.86. The molecule has 2 aromatic carbocycles. The van der Waals surface area contributed by atoms with Gasteiger partial charge in [-0.15, -0.1) is 6.07 Å². The molecule has 0 unspecified atom stereocenters. The van der Waals surface area contributed by atoms with Gasteiger partial charge < -0.3 is 19.7 Å². The second kappa shape index (κ2) is 8.84. The Hall–Kier alpha value is -2.66. The molecule has 24 heavy (non-hydrogen) atoms. The van der Waals surface area contributed by atoms with Crippen LogP contribution in [0.5, 0.6) is 17.2 Å². The van der Waals surface area contributed by atoms with E-state index in [0.29, 0.717) is 5.56 Å². The van der Waals surface area contributed by atoms with Crippen molar-refractivity contribution in [1.29, 1.82) is 0 Å². The maximum absolute atomic E-state index is 12.0. The number of esters is 1. The standard InChI is InChI=1S/C17H13O6.Zn/c1-22-15-10-11(3-9-16(19)20)2-8-14(15)23-17(21)12-4-6-13(18)7-5-12;/h2-8,10,18H,1H3,(H,19,20);/q-1;. The molecule has 0 aromatic heterocycles. The normalized spacial score (nSPS) is 10.0. The smallest absolute Gasteiger partial charge is 0.343 e. The number of carboxylic acid groups (broad SMARTS) is 1. The minimum absolute atomic E-state index is 0. The van der Waals surface area contributed by atoms with Gasteiger partial charge in [0.05, 0.1) is 12.7 Å². The fourth-order valence-corrected chi connectivity index (χ4v) is 1.76. The summed E-state index contributed by atoms with van der Waals surface area (Å²) in [6.07, 6.45) is 3.38. The van der Waals surface area contributed by atoms with Crippen molar-refractivity contribution in [1.82, 2.24) is 0 Å². The number of carbonyl (C=O) groups is 2. The second-order valence-corrected chi connectivity index (χ2v) is 4.44. The molecular formula is C17H13O6Zn-. The van der Waals surface area contributed by atoms with Crippen LogP contribution in [-0.4, -0.2) is 29.3 Å². The number of methoxy groups -OCH3 is 1. The Morgan fingerprint density at radius 1 is 1.08 bits per heavy atom. The largest absolute Gasteiger partial charge is 0.508 e. The number of phenolic OH excluding ortho intramolecular Hbond substituents is 1. The average Bonchev–Trinajstić information content (AvgIpc) is 2.54. The van der Waals surface area contributed by atoms with Crippen LogP contribution in [0.25, 0.3) is 6.08 Å². The van der Waals surface area contributed by atoms with Crippen LogP contribution in [0, 0.1) is 6.08 Å². The quantitative estimate of drug-likeness (QED) is 0.273. The average molecular weight is 379 g/mol. The van der Waals surface area contributed by atoms with Crippen LogP contribution in [-0.2, 0) is 24.3 Å². The van der Waals surface area contributed by atoms with E-state index in [1.54, 1.807) is 6.07 Å². The Labute approximate surface area is 151 Å². The van der Waals surface area contributed by atoms with Crippen molar-refractivity contribution >= 4 is 18.0 Å². The molecule has 0 fully saturated rings. The number of benzene rings is 2. The van der Waals surface area contributed by atoms with E-state index >= 15 is 0 Å². The Bertz CT molecular complexity index is 752. The molecule has 7 heteroatoms. The summed E-state index contributed by atoms with van der Waals surface area (Å²) in [6, 6.07) is 10.2. The summed E-state index contributed by atoms with van der Waals surface area (Å²) in [5.41, 5.74) is 0.807. The van der Waals surface area contributed by atoms with E-state index in [1.807, 2.05) is 0 Å². The summed E-state index contributed by atoms with van der Waals surface area (Å²) < 4.78 is 10.4. The van der Waals surface area contributed by atoms with Gasteiger partial charge in [-0.3, -0.25) is 4.79 Å². The number of aromatic hydroxyl groups is 1. The van der Waals surface area contributed by atoms with Crippen molar-refractivity contribution in [2.75, 3.05) is 7.11 Å². The van der Waals surface area contributed by atoms with E-state index in [2.05, 4.69) is 6.08 Å². The number of ether oxygens (including phenoxy) is 2. The SMILES string of the molecule is COc1cc(C=[C-]C(=O)O)ccc1OC(=O)c1ccc(O)cc1.[Zn]. The summed E-state index contributed by atoms with van der Waals surface area (Å²) in [5, 5.41) is 17.8. The predicted octanol–water partition coefficient (Wildman–Crippen LogP) is 2.52. The predicted molar refractivity (Wildman–Crippen MR) is 81.4 cm³/mol. The number of hydrogen-bond donors (Lipinski definition) is 2. The molecule has 0 aliphatic heterocycles. The zero-order chi connectivity index (χ0) is 16.8.